The molecule has 1 fully saturated rings. The van der Waals surface area contributed by atoms with Gasteiger partial charge in [0, 0.05) is 24.2 Å². The number of amides is 1. The van der Waals surface area contributed by atoms with Gasteiger partial charge in [-0.05, 0) is 37.8 Å². The lowest BCUT2D eigenvalue weighted by atomic mass is 9.83. The van der Waals surface area contributed by atoms with Crippen LogP contribution in [0.4, 0.5) is 0 Å². The molecule has 0 saturated heterocycles. The molecule has 0 spiro atoms. The number of pyridine rings is 1. The first kappa shape index (κ1) is 22.5. The van der Waals surface area contributed by atoms with Gasteiger partial charge in [0.15, 0.2) is 5.02 Å². The van der Waals surface area contributed by atoms with Crippen LogP contribution >= 0.6 is 23.2 Å². The molecule has 8 nitrogen and oxygen atoms in total. The summed E-state index contributed by atoms with van der Waals surface area (Å²) < 4.78 is 17.2. The Labute approximate surface area is 185 Å². The van der Waals surface area contributed by atoms with E-state index in [9.17, 15) is 4.79 Å². The predicted molar refractivity (Wildman–Crippen MR) is 112 cm³/mol. The first-order valence-electron chi connectivity index (χ1n) is 9.66. The second-order valence-electron chi connectivity index (χ2n) is 7.26. The van der Waals surface area contributed by atoms with Gasteiger partial charge in [-0.25, -0.2) is 9.97 Å². The molecule has 30 heavy (non-hydrogen) atoms. The highest BCUT2D eigenvalue weighted by Crippen LogP contribution is 2.34. The van der Waals surface area contributed by atoms with Gasteiger partial charge in [0.1, 0.15) is 12.9 Å². The summed E-state index contributed by atoms with van der Waals surface area (Å²) in [4.78, 5) is 23.3. The molecule has 1 aliphatic carbocycles. The average molecular weight is 455 g/mol. The molecule has 1 N–H and O–H groups in total. The minimum absolute atomic E-state index is 0.00171. The lowest BCUT2D eigenvalue weighted by molar-refractivity contribution is -0.120. The van der Waals surface area contributed by atoms with Gasteiger partial charge in [0.2, 0.25) is 17.7 Å². The summed E-state index contributed by atoms with van der Waals surface area (Å²) in [7, 11) is 0. The van der Waals surface area contributed by atoms with Crippen molar-refractivity contribution in [3.8, 4) is 11.8 Å². The van der Waals surface area contributed by atoms with E-state index in [1.54, 1.807) is 18.3 Å². The van der Waals surface area contributed by atoms with Crippen molar-refractivity contribution in [2.45, 2.75) is 45.4 Å². The van der Waals surface area contributed by atoms with Crippen molar-refractivity contribution in [3.05, 3.63) is 40.4 Å². The van der Waals surface area contributed by atoms with Gasteiger partial charge in [-0.2, -0.15) is 0 Å². The molecule has 1 saturated carbocycles. The second-order valence-corrected chi connectivity index (χ2v) is 8.07. The number of nitrogens with one attached hydrogen (secondary N) is 1. The highest BCUT2D eigenvalue weighted by atomic mass is 35.5. The van der Waals surface area contributed by atoms with Crippen LogP contribution in [0.15, 0.2) is 24.7 Å². The zero-order valence-electron chi connectivity index (χ0n) is 16.8. The fourth-order valence-electron chi connectivity index (χ4n) is 3.02. The summed E-state index contributed by atoms with van der Waals surface area (Å²) in [5, 5.41) is 3.60. The molecule has 0 aromatic carbocycles. The van der Waals surface area contributed by atoms with E-state index in [2.05, 4.69) is 20.3 Å². The summed E-state index contributed by atoms with van der Waals surface area (Å²) in [5.41, 5.74) is 0.660. The number of aromatic nitrogens is 3. The molecule has 0 bridgehead atoms. The van der Waals surface area contributed by atoms with Crippen LogP contribution in [0.2, 0.25) is 10.0 Å². The first-order chi connectivity index (χ1) is 14.4. The van der Waals surface area contributed by atoms with Crippen molar-refractivity contribution < 1.29 is 19.0 Å². The quantitative estimate of drug-likeness (QED) is 0.586. The zero-order valence-corrected chi connectivity index (χ0v) is 18.3. The van der Waals surface area contributed by atoms with Crippen LogP contribution in [-0.4, -0.2) is 46.2 Å². The minimum atomic E-state index is -0.0557. The molecular weight excluding hydrogens is 431 g/mol. The van der Waals surface area contributed by atoms with Gasteiger partial charge >= 0.3 is 0 Å². The van der Waals surface area contributed by atoms with Gasteiger partial charge < -0.3 is 19.5 Å². The molecule has 162 valence electrons. The maximum absolute atomic E-state index is 11.0. The van der Waals surface area contributed by atoms with Crippen molar-refractivity contribution in [3.63, 3.8) is 0 Å². The third-order valence-electron chi connectivity index (χ3n) is 4.54. The third kappa shape index (κ3) is 6.68. The Hall–Kier alpha value is -2.16. The number of carbonyl (C=O) groups excluding carboxylic acids is 1. The molecule has 1 atom stereocenters. The highest BCUT2D eigenvalue weighted by Gasteiger charge is 2.31. The summed E-state index contributed by atoms with van der Waals surface area (Å²) in [6.45, 7) is 4.57. The Morgan fingerprint density at radius 2 is 1.97 bits per heavy atom. The van der Waals surface area contributed by atoms with Crippen LogP contribution in [-0.2, 0) is 16.1 Å². The van der Waals surface area contributed by atoms with Crippen molar-refractivity contribution in [2.75, 3.05) is 13.2 Å². The van der Waals surface area contributed by atoms with Crippen LogP contribution in [0.5, 0.6) is 11.8 Å². The molecule has 1 aliphatic rings. The third-order valence-corrected chi connectivity index (χ3v) is 5.10. The fraction of sp³-hybridized carbons (Fsp3) is 0.500. The Kier molecular flexibility index (Phi) is 8.07. The molecule has 1 amide bonds. The lowest BCUT2D eigenvalue weighted by Crippen LogP contribution is -2.40. The molecule has 0 radical (unpaired) electrons. The number of carbonyl (C=O) groups is 1. The maximum Gasteiger partial charge on any atom is 0.240 e. The Balaban J connectivity index is 1.41. The number of rotatable bonds is 10. The average Bonchev–Trinajstić information content (AvgIpc) is 2.66. The Morgan fingerprint density at radius 1 is 1.23 bits per heavy atom. The van der Waals surface area contributed by atoms with E-state index < -0.39 is 0 Å². The summed E-state index contributed by atoms with van der Waals surface area (Å²) in [6.07, 6.45) is 4.91. The number of hydrogen-bond donors (Lipinski definition) is 1. The van der Waals surface area contributed by atoms with E-state index in [-0.39, 0.29) is 41.4 Å². The summed E-state index contributed by atoms with van der Waals surface area (Å²) in [6, 6.07) is 3.40. The molecule has 0 aliphatic heterocycles. The maximum atomic E-state index is 11.0. The number of nitrogens with zero attached hydrogens (tertiary/aromatic N) is 3. The SMILES string of the molecule is CC(=O)N[C@@H](C)CO[C@H]1C[C@H](COc2ncnc(OCc3cc(Cl)ccn3)c2Cl)C1. The molecular formula is C20H24Cl2N4O4. The van der Waals surface area contributed by atoms with Gasteiger partial charge in [-0.15, -0.1) is 0 Å². The van der Waals surface area contributed by atoms with Gasteiger partial charge in [-0.3, -0.25) is 9.78 Å². The first-order valence-corrected chi connectivity index (χ1v) is 10.4. The fourth-order valence-corrected chi connectivity index (χ4v) is 3.41. The minimum Gasteiger partial charge on any atom is -0.476 e. The number of ether oxygens (including phenoxy) is 3. The van der Waals surface area contributed by atoms with Crippen LogP contribution in [0.1, 0.15) is 32.4 Å². The molecule has 0 unspecified atom stereocenters. The van der Waals surface area contributed by atoms with Crippen LogP contribution in [0.3, 0.4) is 0 Å². The van der Waals surface area contributed by atoms with E-state index in [0.717, 1.165) is 12.8 Å². The van der Waals surface area contributed by atoms with Crippen LogP contribution < -0.4 is 14.8 Å². The number of hydrogen-bond acceptors (Lipinski definition) is 7. The monoisotopic (exact) mass is 454 g/mol. The zero-order chi connectivity index (χ0) is 21.5. The van der Waals surface area contributed by atoms with Crippen molar-refractivity contribution in [1.29, 1.82) is 0 Å². The normalized spacial score (nSPS) is 18.9. The smallest absolute Gasteiger partial charge is 0.240 e. The second kappa shape index (κ2) is 10.7. The Morgan fingerprint density at radius 3 is 2.67 bits per heavy atom. The highest BCUT2D eigenvalue weighted by molar-refractivity contribution is 6.33. The molecule has 2 aromatic heterocycles. The van der Waals surface area contributed by atoms with E-state index in [1.807, 2.05) is 6.92 Å². The van der Waals surface area contributed by atoms with E-state index in [1.165, 1.54) is 13.3 Å². The van der Waals surface area contributed by atoms with E-state index >= 15 is 0 Å². The van der Waals surface area contributed by atoms with E-state index in [0.29, 0.717) is 29.8 Å². The molecule has 10 heteroatoms. The van der Waals surface area contributed by atoms with Crippen LogP contribution in [0, 0.1) is 5.92 Å². The van der Waals surface area contributed by atoms with Crippen LogP contribution in [0.25, 0.3) is 0 Å². The Bertz CT molecular complexity index is 864. The van der Waals surface area contributed by atoms with Crippen molar-refractivity contribution in [1.82, 2.24) is 20.3 Å². The van der Waals surface area contributed by atoms with Gasteiger partial charge in [0.05, 0.1) is 25.0 Å². The topological polar surface area (TPSA) is 95.5 Å². The molecule has 2 aromatic rings. The number of halogens is 2. The predicted octanol–water partition coefficient (Wildman–Crippen LogP) is 3.46. The molecule has 3 rings (SSSR count). The summed E-state index contributed by atoms with van der Waals surface area (Å²) >= 11 is 12.3. The van der Waals surface area contributed by atoms with Gasteiger partial charge in [-0.1, -0.05) is 23.2 Å². The lowest BCUT2D eigenvalue weighted by Gasteiger charge is -2.35. The summed E-state index contributed by atoms with van der Waals surface area (Å²) in [5.74, 6) is 0.812. The molecule has 2 heterocycles. The largest absolute Gasteiger partial charge is 0.476 e. The van der Waals surface area contributed by atoms with Crippen molar-refractivity contribution in [2.24, 2.45) is 5.92 Å². The van der Waals surface area contributed by atoms with E-state index in [4.69, 9.17) is 37.4 Å². The standard InChI is InChI=1S/C20H24Cl2N4O4/c1-12(26-13(2)27)8-28-17-5-14(6-17)9-29-19-18(22)20(25-11-24-19)30-10-16-7-15(21)3-4-23-16/h3-4,7,11-12,14,17H,5-6,8-10H2,1-2H3,(H,26,27)/t12-,14-,17-/m0/s1. The van der Waals surface area contributed by atoms with Crippen molar-refractivity contribution >= 4 is 29.1 Å². The van der Waals surface area contributed by atoms with Gasteiger partial charge in [0.25, 0.3) is 0 Å².